The first-order valence-electron chi connectivity index (χ1n) is 6.50. The van der Waals surface area contributed by atoms with E-state index in [1.165, 1.54) is 0 Å². The first kappa shape index (κ1) is 12.1. The lowest BCUT2D eigenvalue weighted by atomic mass is 9.89. The van der Waals surface area contributed by atoms with E-state index in [4.69, 9.17) is 0 Å². The van der Waals surface area contributed by atoms with Crippen molar-refractivity contribution in [1.82, 2.24) is 9.88 Å². The minimum absolute atomic E-state index is 0.175. The van der Waals surface area contributed by atoms with Crippen LogP contribution in [-0.4, -0.2) is 33.0 Å². The predicted octanol–water partition coefficient (Wildman–Crippen LogP) is 2.45. The molecular weight excluding hydrogens is 248 g/mol. The first-order valence-corrected chi connectivity index (χ1v) is 7.38. The molecule has 2 aliphatic rings. The largest absolute Gasteiger partial charge is 0.481 e. The summed E-state index contributed by atoms with van der Waals surface area (Å²) in [7, 11) is 0. The number of carboxylic acid groups (broad SMARTS) is 1. The number of aryl methyl sites for hydroxylation is 1. The zero-order chi connectivity index (χ0) is 12.9. The smallest absolute Gasteiger partial charge is 0.308 e. The first-order chi connectivity index (χ1) is 8.58. The number of fused-ring (bicyclic) bond motifs is 2. The summed E-state index contributed by atoms with van der Waals surface area (Å²) in [5.74, 6) is -0.806. The maximum absolute atomic E-state index is 11.3. The van der Waals surface area contributed by atoms with Crippen LogP contribution in [0.4, 0.5) is 0 Å². The maximum atomic E-state index is 11.3. The number of aliphatic carboxylic acids is 1. The number of thiazole rings is 1. The minimum atomic E-state index is -0.631. The molecule has 2 bridgehead atoms. The summed E-state index contributed by atoms with van der Waals surface area (Å²) >= 11 is 1.67. The molecule has 18 heavy (non-hydrogen) atoms. The van der Waals surface area contributed by atoms with Gasteiger partial charge in [0.15, 0.2) is 0 Å². The topological polar surface area (TPSA) is 53.4 Å². The molecule has 4 nitrogen and oxygen atoms in total. The van der Waals surface area contributed by atoms with E-state index in [0.717, 1.165) is 30.0 Å². The molecule has 0 amide bonds. The summed E-state index contributed by atoms with van der Waals surface area (Å²) in [5, 5.41) is 12.5. The number of nitrogens with zero attached hydrogens (tertiary/aromatic N) is 2. The highest BCUT2D eigenvalue weighted by Crippen LogP contribution is 2.46. The van der Waals surface area contributed by atoms with Crippen molar-refractivity contribution < 1.29 is 9.90 Å². The van der Waals surface area contributed by atoms with Crippen LogP contribution in [0.2, 0.25) is 0 Å². The number of aromatic nitrogens is 1. The van der Waals surface area contributed by atoms with Crippen molar-refractivity contribution in [2.75, 3.05) is 0 Å². The second-order valence-corrected chi connectivity index (χ2v) is 6.46. The van der Waals surface area contributed by atoms with Gasteiger partial charge in [0.1, 0.15) is 0 Å². The number of carbonyl (C=O) groups is 1. The molecule has 0 radical (unpaired) electrons. The molecule has 1 N–H and O–H groups in total. The van der Waals surface area contributed by atoms with Crippen molar-refractivity contribution in [3.05, 3.63) is 16.1 Å². The van der Waals surface area contributed by atoms with Crippen molar-refractivity contribution in [2.45, 2.75) is 51.2 Å². The molecule has 2 fully saturated rings. The molecule has 3 rings (SSSR count). The molecule has 2 aliphatic heterocycles. The summed E-state index contributed by atoms with van der Waals surface area (Å²) in [6.07, 6.45) is 2.98. The fourth-order valence-electron chi connectivity index (χ4n) is 3.62. The van der Waals surface area contributed by atoms with E-state index >= 15 is 0 Å². The van der Waals surface area contributed by atoms with Crippen LogP contribution in [0.15, 0.2) is 5.38 Å². The van der Waals surface area contributed by atoms with Crippen LogP contribution < -0.4 is 0 Å². The minimum Gasteiger partial charge on any atom is -0.481 e. The third-order valence-electron chi connectivity index (χ3n) is 4.42. The molecule has 5 heteroatoms. The van der Waals surface area contributed by atoms with Gasteiger partial charge in [0.25, 0.3) is 0 Å². The average molecular weight is 266 g/mol. The average Bonchev–Trinajstić information content (AvgIpc) is 3.01. The van der Waals surface area contributed by atoms with Gasteiger partial charge in [0.05, 0.1) is 22.7 Å². The van der Waals surface area contributed by atoms with E-state index in [-0.39, 0.29) is 18.0 Å². The van der Waals surface area contributed by atoms with Gasteiger partial charge in [-0.1, -0.05) is 0 Å². The Morgan fingerprint density at radius 3 is 2.94 bits per heavy atom. The van der Waals surface area contributed by atoms with Gasteiger partial charge in [-0.05, 0) is 33.1 Å². The Hall–Kier alpha value is -0.940. The van der Waals surface area contributed by atoms with Gasteiger partial charge in [0.2, 0.25) is 0 Å². The lowest BCUT2D eigenvalue weighted by Crippen LogP contribution is -2.35. The van der Waals surface area contributed by atoms with Gasteiger partial charge in [-0.3, -0.25) is 9.69 Å². The molecule has 3 heterocycles. The molecule has 2 saturated heterocycles. The highest BCUT2D eigenvalue weighted by Gasteiger charge is 2.51. The molecule has 1 aromatic rings. The highest BCUT2D eigenvalue weighted by molar-refractivity contribution is 7.09. The number of carboxylic acids is 1. The Kier molecular flexibility index (Phi) is 2.90. The predicted molar refractivity (Wildman–Crippen MR) is 69.7 cm³/mol. The second kappa shape index (κ2) is 4.31. The Bertz CT molecular complexity index is 473. The summed E-state index contributed by atoms with van der Waals surface area (Å²) < 4.78 is 0. The van der Waals surface area contributed by atoms with Crippen molar-refractivity contribution in [2.24, 2.45) is 5.92 Å². The second-order valence-electron chi connectivity index (χ2n) is 5.39. The van der Waals surface area contributed by atoms with Gasteiger partial charge in [0, 0.05) is 17.5 Å². The van der Waals surface area contributed by atoms with Crippen LogP contribution in [0.3, 0.4) is 0 Å². The maximum Gasteiger partial charge on any atom is 0.308 e. The van der Waals surface area contributed by atoms with Gasteiger partial charge >= 0.3 is 5.97 Å². The van der Waals surface area contributed by atoms with Gasteiger partial charge in [-0.25, -0.2) is 4.98 Å². The molecule has 4 atom stereocenters. The van der Waals surface area contributed by atoms with Gasteiger partial charge < -0.3 is 5.11 Å². The van der Waals surface area contributed by atoms with E-state index in [0.29, 0.717) is 6.04 Å². The summed E-state index contributed by atoms with van der Waals surface area (Å²) in [5.41, 5.74) is 1.10. The number of hydrogen-bond acceptors (Lipinski definition) is 4. The van der Waals surface area contributed by atoms with E-state index in [1.807, 2.05) is 6.92 Å². The summed E-state index contributed by atoms with van der Waals surface area (Å²) in [6.45, 7) is 4.17. The number of rotatable bonds is 3. The normalized spacial score (nSPS) is 32.9. The molecule has 0 saturated carbocycles. The van der Waals surface area contributed by atoms with E-state index in [2.05, 4.69) is 22.2 Å². The third-order valence-corrected chi connectivity index (χ3v) is 5.21. The van der Waals surface area contributed by atoms with Crippen LogP contribution in [0, 0.1) is 12.8 Å². The molecular formula is C13H18N2O2S. The lowest BCUT2D eigenvalue weighted by molar-refractivity contribution is -0.142. The van der Waals surface area contributed by atoms with Crippen molar-refractivity contribution in [1.29, 1.82) is 0 Å². The summed E-state index contributed by atoms with van der Waals surface area (Å²) in [6, 6.07) is 0.898. The van der Waals surface area contributed by atoms with Crippen molar-refractivity contribution >= 4 is 17.3 Å². The van der Waals surface area contributed by atoms with Gasteiger partial charge in [-0.2, -0.15) is 0 Å². The third kappa shape index (κ3) is 1.77. The highest BCUT2D eigenvalue weighted by atomic mass is 32.1. The fourth-order valence-corrected chi connectivity index (χ4v) is 4.32. The summed E-state index contributed by atoms with van der Waals surface area (Å²) in [4.78, 5) is 18.2. The van der Waals surface area contributed by atoms with Crippen LogP contribution in [0.5, 0.6) is 0 Å². The van der Waals surface area contributed by atoms with Crippen molar-refractivity contribution in [3.63, 3.8) is 0 Å². The van der Waals surface area contributed by atoms with Crippen molar-refractivity contribution in [3.8, 4) is 0 Å². The van der Waals surface area contributed by atoms with E-state index < -0.39 is 5.97 Å². The molecule has 98 valence electrons. The molecule has 0 spiro atoms. The Morgan fingerprint density at radius 2 is 2.39 bits per heavy atom. The van der Waals surface area contributed by atoms with Gasteiger partial charge in [-0.15, -0.1) is 11.3 Å². The molecule has 0 aliphatic carbocycles. The van der Waals surface area contributed by atoms with Crippen LogP contribution in [0.1, 0.15) is 42.9 Å². The fraction of sp³-hybridized carbons (Fsp3) is 0.692. The SMILES string of the molecule is Cc1nc(C(C)N2C3CCC2C(C(=O)O)C3)cs1. The molecule has 0 aromatic carbocycles. The van der Waals surface area contributed by atoms with E-state index in [1.54, 1.807) is 11.3 Å². The van der Waals surface area contributed by atoms with Crippen LogP contribution in [-0.2, 0) is 4.79 Å². The molecule has 1 aromatic heterocycles. The van der Waals surface area contributed by atoms with E-state index in [9.17, 15) is 9.90 Å². The van der Waals surface area contributed by atoms with Crippen LogP contribution in [0.25, 0.3) is 0 Å². The zero-order valence-electron chi connectivity index (χ0n) is 10.7. The Morgan fingerprint density at radius 1 is 1.61 bits per heavy atom. The quantitative estimate of drug-likeness (QED) is 0.913. The lowest BCUT2D eigenvalue weighted by Gasteiger charge is -2.28. The monoisotopic (exact) mass is 266 g/mol. The number of hydrogen-bond donors (Lipinski definition) is 1. The van der Waals surface area contributed by atoms with Crippen LogP contribution >= 0.6 is 11.3 Å². The zero-order valence-corrected chi connectivity index (χ0v) is 11.5. The molecule has 4 unspecified atom stereocenters. The Labute approximate surface area is 111 Å². The standard InChI is InChI=1S/C13H18N2O2S/c1-7(11-6-18-8(2)14-11)15-9-3-4-12(15)10(5-9)13(16)17/h6-7,9-10,12H,3-5H2,1-2H3,(H,16,17). The Balaban J connectivity index is 1.83.